The van der Waals surface area contributed by atoms with Gasteiger partial charge in [0.2, 0.25) is 0 Å². The quantitative estimate of drug-likeness (QED) is 0.687. The smallest absolute Gasteiger partial charge is 0.0474 e. The average Bonchev–Trinajstić information content (AvgIpc) is 2.11. The van der Waals surface area contributed by atoms with Crippen LogP contribution in [0.1, 0.15) is 39.5 Å². The molecule has 14 heavy (non-hydrogen) atoms. The summed E-state index contributed by atoms with van der Waals surface area (Å²) in [6.45, 7) is 6.74. The number of hydrogen-bond acceptors (Lipinski definition) is 2. The molecule has 2 heteroatoms. The lowest BCUT2D eigenvalue weighted by Crippen LogP contribution is -2.37. The molecule has 0 heterocycles. The number of nitrogens with one attached hydrogen (secondary N) is 1. The van der Waals surface area contributed by atoms with E-state index in [1.54, 1.807) is 7.11 Å². The van der Waals surface area contributed by atoms with E-state index >= 15 is 0 Å². The minimum Gasteiger partial charge on any atom is -0.385 e. The lowest BCUT2D eigenvalue weighted by atomic mass is 9.80. The first-order valence-electron chi connectivity index (χ1n) is 5.94. The van der Waals surface area contributed by atoms with Gasteiger partial charge in [0.1, 0.15) is 0 Å². The molecule has 0 aromatic rings. The molecular weight excluding hydrogens is 174 g/mol. The van der Waals surface area contributed by atoms with E-state index in [1.807, 2.05) is 0 Å². The zero-order valence-electron chi connectivity index (χ0n) is 9.88. The van der Waals surface area contributed by atoms with Gasteiger partial charge in [-0.3, -0.25) is 0 Å². The second-order valence-corrected chi connectivity index (χ2v) is 4.91. The van der Waals surface area contributed by atoms with Crippen LogP contribution in [-0.2, 0) is 4.74 Å². The van der Waals surface area contributed by atoms with Gasteiger partial charge in [-0.1, -0.05) is 13.8 Å². The van der Waals surface area contributed by atoms with Crippen LogP contribution in [0.2, 0.25) is 0 Å². The zero-order chi connectivity index (χ0) is 10.4. The first-order valence-corrected chi connectivity index (χ1v) is 5.94. The summed E-state index contributed by atoms with van der Waals surface area (Å²) < 4.78 is 5.03. The number of hydrogen-bond donors (Lipinski definition) is 1. The van der Waals surface area contributed by atoms with E-state index in [0.29, 0.717) is 0 Å². The SMILES string of the molecule is COCCCNC1C[C@@H](C)C[C@@H](C)C1. The van der Waals surface area contributed by atoms with Gasteiger partial charge in [0, 0.05) is 19.8 Å². The Kier molecular flexibility index (Phi) is 5.49. The molecule has 1 aliphatic rings. The maximum atomic E-state index is 5.03. The van der Waals surface area contributed by atoms with Gasteiger partial charge >= 0.3 is 0 Å². The fourth-order valence-electron chi connectivity index (χ4n) is 2.64. The van der Waals surface area contributed by atoms with Crippen molar-refractivity contribution in [1.82, 2.24) is 5.32 Å². The third kappa shape index (κ3) is 4.43. The molecule has 0 saturated heterocycles. The number of rotatable bonds is 5. The molecule has 3 atom stereocenters. The lowest BCUT2D eigenvalue weighted by Gasteiger charge is -2.32. The van der Waals surface area contributed by atoms with E-state index in [1.165, 1.54) is 19.3 Å². The summed E-state index contributed by atoms with van der Waals surface area (Å²) >= 11 is 0. The molecule has 1 saturated carbocycles. The van der Waals surface area contributed by atoms with Gasteiger partial charge in [-0.15, -0.1) is 0 Å². The standard InChI is InChI=1S/C12H25NO/c1-10-7-11(2)9-12(8-10)13-5-4-6-14-3/h10-13H,4-9H2,1-3H3/t10-,11+,12?. The summed E-state index contributed by atoms with van der Waals surface area (Å²) in [6, 6.07) is 0.755. The van der Waals surface area contributed by atoms with Gasteiger partial charge in [0.25, 0.3) is 0 Å². The summed E-state index contributed by atoms with van der Waals surface area (Å²) in [7, 11) is 1.77. The third-order valence-corrected chi connectivity index (χ3v) is 3.14. The van der Waals surface area contributed by atoms with Crippen molar-refractivity contribution in [2.24, 2.45) is 11.8 Å². The summed E-state index contributed by atoms with van der Waals surface area (Å²) in [5, 5.41) is 3.64. The molecule has 1 fully saturated rings. The Morgan fingerprint density at radius 3 is 2.36 bits per heavy atom. The van der Waals surface area contributed by atoms with Crippen LogP contribution in [0.25, 0.3) is 0 Å². The second-order valence-electron chi connectivity index (χ2n) is 4.91. The van der Waals surface area contributed by atoms with Gasteiger partial charge < -0.3 is 10.1 Å². The van der Waals surface area contributed by atoms with E-state index in [-0.39, 0.29) is 0 Å². The average molecular weight is 199 g/mol. The Hall–Kier alpha value is -0.0800. The highest BCUT2D eigenvalue weighted by Gasteiger charge is 2.22. The summed E-state index contributed by atoms with van der Waals surface area (Å²) in [4.78, 5) is 0. The Bertz CT molecular complexity index is 139. The summed E-state index contributed by atoms with van der Waals surface area (Å²) in [5.74, 6) is 1.80. The fraction of sp³-hybridized carbons (Fsp3) is 1.00. The van der Waals surface area contributed by atoms with Gasteiger partial charge in [0.05, 0.1) is 0 Å². The number of ether oxygens (including phenoxy) is 1. The van der Waals surface area contributed by atoms with Crippen LogP contribution in [0, 0.1) is 11.8 Å². The van der Waals surface area contributed by atoms with Crippen molar-refractivity contribution in [2.75, 3.05) is 20.3 Å². The van der Waals surface area contributed by atoms with E-state index < -0.39 is 0 Å². The molecule has 0 spiro atoms. The molecule has 0 aromatic carbocycles. The first kappa shape index (κ1) is 12.0. The largest absolute Gasteiger partial charge is 0.385 e. The molecule has 1 aliphatic carbocycles. The molecule has 0 bridgehead atoms. The van der Waals surface area contributed by atoms with Gasteiger partial charge in [-0.25, -0.2) is 0 Å². The monoisotopic (exact) mass is 199 g/mol. The molecule has 1 N–H and O–H groups in total. The van der Waals surface area contributed by atoms with Gasteiger partial charge in [0.15, 0.2) is 0 Å². The molecule has 1 unspecified atom stereocenters. The van der Waals surface area contributed by atoms with Crippen molar-refractivity contribution < 1.29 is 4.74 Å². The molecular formula is C12H25NO. The first-order chi connectivity index (χ1) is 6.72. The van der Waals surface area contributed by atoms with Crippen molar-refractivity contribution >= 4 is 0 Å². The van der Waals surface area contributed by atoms with Crippen LogP contribution in [0.5, 0.6) is 0 Å². The minimum atomic E-state index is 0.755. The lowest BCUT2D eigenvalue weighted by molar-refractivity contribution is 0.187. The normalized spacial score (nSPS) is 33.2. The molecule has 0 amide bonds. The fourth-order valence-corrected chi connectivity index (χ4v) is 2.64. The van der Waals surface area contributed by atoms with E-state index in [9.17, 15) is 0 Å². The molecule has 2 nitrogen and oxygen atoms in total. The summed E-state index contributed by atoms with van der Waals surface area (Å²) in [5.41, 5.74) is 0. The minimum absolute atomic E-state index is 0.755. The molecule has 0 aromatic heterocycles. The maximum absolute atomic E-state index is 5.03. The van der Waals surface area contributed by atoms with Crippen molar-refractivity contribution in [3.63, 3.8) is 0 Å². The van der Waals surface area contributed by atoms with Crippen molar-refractivity contribution in [3.05, 3.63) is 0 Å². The predicted molar refractivity (Wildman–Crippen MR) is 60.5 cm³/mol. The molecule has 0 radical (unpaired) electrons. The Labute approximate surface area is 88.4 Å². The highest BCUT2D eigenvalue weighted by atomic mass is 16.5. The topological polar surface area (TPSA) is 21.3 Å². The predicted octanol–water partition coefficient (Wildman–Crippen LogP) is 2.44. The highest BCUT2D eigenvalue weighted by Crippen LogP contribution is 2.28. The van der Waals surface area contributed by atoms with Crippen molar-refractivity contribution in [2.45, 2.75) is 45.6 Å². The maximum Gasteiger partial charge on any atom is 0.0474 e. The van der Waals surface area contributed by atoms with Crippen LogP contribution in [-0.4, -0.2) is 26.3 Å². The molecule has 84 valence electrons. The second kappa shape index (κ2) is 6.41. The van der Waals surface area contributed by atoms with Gasteiger partial charge in [-0.05, 0) is 44.1 Å². The zero-order valence-corrected chi connectivity index (χ0v) is 9.88. The summed E-state index contributed by atoms with van der Waals surface area (Å²) in [6.07, 6.45) is 5.26. The Balaban J connectivity index is 2.10. The van der Waals surface area contributed by atoms with E-state index in [0.717, 1.165) is 37.5 Å². The molecule has 0 aliphatic heterocycles. The van der Waals surface area contributed by atoms with Gasteiger partial charge in [-0.2, -0.15) is 0 Å². The van der Waals surface area contributed by atoms with Crippen LogP contribution in [0.3, 0.4) is 0 Å². The molecule has 1 rings (SSSR count). The highest BCUT2D eigenvalue weighted by molar-refractivity contribution is 4.79. The Morgan fingerprint density at radius 2 is 1.79 bits per heavy atom. The van der Waals surface area contributed by atoms with Crippen molar-refractivity contribution in [1.29, 1.82) is 0 Å². The van der Waals surface area contributed by atoms with Crippen molar-refractivity contribution in [3.8, 4) is 0 Å². The third-order valence-electron chi connectivity index (χ3n) is 3.14. The van der Waals surface area contributed by atoms with Crippen LogP contribution in [0.15, 0.2) is 0 Å². The van der Waals surface area contributed by atoms with E-state index in [2.05, 4.69) is 19.2 Å². The Morgan fingerprint density at radius 1 is 1.14 bits per heavy atom. The van der Waals surface area contributed by atoms with Crippen LogP contribution in [0.4, 0.5) is 0 Å². The van der Waals surface area contributed by atoms with E-state index in [4.69, 9.17) is 4.74 Å². The number of methoxy groups -OCH3 is 1. The van der Waals surface area contributed by atoms with Crippen LogP contribution >= 0.6 is 0 Å². The van der Waals surface area contributed by atoms with Crippen LogP contribution < -0.4 is 5.32 Å².